The lowest BCUT2D eigenvalue weighted by Gasteiger charge is -2.39. The lowest BCUT2D eigenvalue weighted by Crippen LogP contribution is -2.48. The summed E-state index contributed by atoms with van der Waals surface area (Å²) in [5.74, 6) is 0.950. The quantitative estimate of drug-likeness (QED) is 0.744. The van der Waals surface area contributed by atoms with Crippen LogP contribution in [0.3, 0.4) is 0 Å². The Hall–Kier alpha value is -2.17. The van der Waals surface area contributed by atoms with Crippen LogP contribution in [-0.2, 0) is 16.0 Å². The highest BCUT2D eigenvalue weighted by Crippen LogP contribution is 2.23. The fourth-order valence-electron chi connectivity index (χ4n) is 4.90. The van der Waals surface area contributed by atoms with Crippen LogP contribution in [0.4, 0.5) is 0 Å². The first-order chi connectivity index (χ1) is 14.6. The van der Waals surface area contributed by atoms with Crippen LogP contribution in [-0.4, -0.2) is 60.6 Å². The molecule has 0 bridgehead atoms. The molecule has 2 aliphatic rings. The van der Waals surface area contributed by atoms with E-state index in [4.69, 9.17) is 4.74 Å². The number of carbonyl (C=O) groups is 1. The number of rotatable bonds is 5. The van der Waals surface area contributed by atoms with Gasteiger partial charge in [-0.1, -0.05) is 54.6 Å². The van der Waals surface area contributed by atoms with Crippen molar-refractivity contribution in [1.29, 1.82) is 0 Å². The van der Waals surface area contributed by atoms with E-state index in [0.29, 0.717) is 24.5 Å². The smallest absolute Gasteiger partial charge is 0.226 e. The summed E-state index contributed by atoms with van der Waals surface area (Å²) in [5, 5.41) is 0. The predicted molar refractivity (Wildman–Crippen MR) is 121 cm³/mol. The van der Waals surface area contributed by atoms with Gasteiger partial charge in [-0.25, -0.2) is 0 Å². The van der Waals surface area contributed by atoms with E-state index in [1.807, 2.05) is 6.07 Å². The van der Waals surface area contributed by atoms with Gasteiger partial charge in [0.2, 0.25) is 5.91 Å². The van der Waals surface area contributed by atoms with Gasteiger partial charge in [0.15, 0.2) is 0 Å². The van der Waals surface area contributed by atoms with Gasteiger partial charge in [0, 0.05) is 32.7 Å². The molecule has 2 aliphatic heterocycles. The van der Waals surface area contributed by atoms with Crippen molar-refractivity contribution in [3.05, 3.63) is 60.2 Å². The van der Waals surface area contributed by atoms with Crippen LogP contribution in [0.2, 0.25) is 0 Å². The number of carbonyl (C=O) groups excluding carboxylic acids is 1. The van der Waals surface area contributed by atoms with Crippen LogP contribution >= 0.6 is 0 Å². The second-order valence-corrected chi connectivity index (χ2v) is 9.04. The van der Waals surface area contributed by atoms with E-state index >= 15 is 0 Å². The number of hydrogen-bond donors (Lipinski definition) is 0. The van der Waals surface area contributed by atoms with Crippen molar-refractivity contribution in [1.82, 2.24) is 9.80 Å². The Morgan fingerprint density at radius 2 is 1.50 bits per heavy atom. The van der Waals surface area contributed by atoms with Gasteiger partial charge >= 0.3 is 0 Å². The van der Waals surface area contributed by atoms with Crippen LogP contribution in [0.25, 0.3) is 11.1 Å². The van der Waals surface area contributed by atoms with Crippen molar-refractivity contribution in [3.63, 3.8) is 0 Å². The maximum atomic E-state index is 12.8. The number of ether oxygens (including phenoxy) is 1. The highest BCUT2D eigenvalue weighted by Gasteiger charge is 2.27. The maximum absolute atomic E-state index is 12.8. The molecule has 2 aromatic rings. The molecular formula is C26H34N2O2. The summed E-state index contributed by atoms with van der Waals surface area (Å²) in [5.41, 5.74) is 3.50. The molecule has 2 fully saturated rings. The Morgan fingerprint density at radius 3 is 2.13 bits per heavy atom. The third-order valence-electron chi connectivity index (χ3n) is 6.40. The molecule has 160 valence electrons. The SMILES string of the molecule is CC1CN(CC2CCN(C(=O)Cc3ccc(-c4ccccc4)cc3)CC2)CC(C)O1. The molecule has 2 heterocycles. The summed E-state index contributed by atoms with van der Waals surface area (Å²) < 4.78 is 5.85. The summed E-state index contributed by atoms with van der Waals surface area (Å²) in [6.07, 6.45) is 3.36. The van der Waals surface area contributed by atoms with E-state index in [1.54, 1.807) is 0 Å². The van der Waals surface area contributed by atoms with Crippen LogP contribution in [0.15, 0.2) is 54.6 Å². The number of amides is 1. The molecule has 0 saturated carbocycles. The zero-order valence-corrected chi connectivity index (χ0v) is 18.3. The molecule has 4 nitrogen and oxygen atoms in total. The topological polar surface area (TPSA) is 32.8 Å². The van der Waals surface area contributed by atoms with Crippen molar-refractivity contribution in [2.75, 3.05) is 32.7 Å². The van der Waals surface area contributed by atoms with Gasteiger partial charge in [-0.3, -0.25) is 9.69 Å². The minimum absolute atomic E-state index is 0.259. The summed E-state index contributed by atoms with van der Waals surface area (Å²) in [4.78, 5) is 17.4. The molecule has 0 radical (unpaired) electrons. The largest absolute Gasteiger partial charge is 0.373 e. The molecule has 0 spiro atoms. The molecule has 2 atom stereocenters. The van der Waals surface area contributed by atoms with Crippen LogP contribution in [0.5, 0.6) is 0 Å². The van der Waals surface area contributed by atoms with Crippen molar-refractivity contribution in [2.45, 2.75) is 45.3 Å². The Labute approximate surface area is 180 Å². The van der Waals surface area contributed by atoms with Crippen molar-refractivity contribution in [2.24, 2.45) is 5.92 Å². The summed E-state index contributed by atoms with van der Waals surface area (Å²) in [7, 11) is 0. The van der Waals surface area contributed by atoms with Crippen LogP contribution in [0.1, 0.15) is 32.3 Å². The fourth-order valence-corrected chi connectivity index (χ4v) is 4.90. The third-order valence-corrected chi connectivity index (χ3v) is 6.40. The average Bonchev–Trinajstić information content (AvgIpc) is 2.75. The molecule has 0 aromatic heterocycles. The Bertz CT molecular complexity index is 803. The zero-order chi connectivity index (χ0) is 20.9. The first-order valence-corrected chi connectivity index (χ1v) is 11.4. The third kappa shape index (κ3) is 5.50. The van der Waals surface area contributed by atoms with Gasteiger partial charge in [0.1, 0.15) is 0 Å². The second-order valence-electron chi connectivity index (χ2n) is 9.04. The molecular weight excluding hydrogens is 372 g/mol. The van der Waals surface area contributed by atoms with Crippen molar-refractivity contribution < 1.29 is 9.53 Å². The number of piperidine rings is 1. The maximum Gasteiger partial charge on any atom is 0.226 e. The van der Waals surface area contributed by atoms with E-state index in [2.05, 4.69) is 72.2 Å². The summed E-state index contributed by atoms with van der Waals surface area (Å²) >= 11 is 0. The molecule has 4 heteroatoms. The van der Waals surface area contributed by atoms with Gasteiger partial charge in [0.25, 0.3) is 0 Å². The monoisotopic (exact) mass is 406 g/mol. The number of likely N-dealkylation sites (tertiary alicyclic amines) is 1. The van der Waals surface area contributed by atoms with Crippen molar-refractivity contribution >= 4 is 5.91 Å². The summed E-state index contributed by atoms with van der Waals surface area (Å²) in [6, 6.07) is 18.8. The lowest BCUT2D eigenvalue weighted by molar-refractivity contribution is -0.132. The van der Waals surface area contributed by atoms with E-state index in [1.165, 1.54) is 11.1 Å². The van der Waals surface area contributed by atoms with E-state index in [0.717, 1.165) is 51.1 Å². The van der Waals surface area contributed by atoms with E-state index in [-0.39, 0.29) is 5.91 Å². The van der Waals surface area contributed by atoms with Gasteiger partial charge in [-0.05, 0) is 49.3 Å². The standard InChI is InChI=1S/C26H34N2O2/c1-20-17-27(18-21(2)30-20)19-23-12-14-28(15-13-23)26(29)16-22-8-10-25(11-9-22)24-6-4-3-5-7-24/h3-11,20-21,23H,12-19H2,1-2H3. The first kappa shape index (κ1) is 21.1. The number of hydrogen-bond acceptors (Lipinski definition) is 3. The second kappa shape index (κ2) is 9.76. The fraction of sp³-hybridized carbons (Fsp3) is 0.500. The van der Waals surface area contributed by atoms with Gasteiger partial charge in [-0.15, -0.1) is 0 Å². The van der Waals surface area contributed by atoms with E-state index < -0.39 is 0 Å². The molecule has 4 rings (SSSR count). The average molecular weight is 407 g/mol. The van der Waals surface area contributed by atoms with Crippen LogP contribution < -0.4 is 0 Å². The molecule has 2 unspecified atom stereocenters. The van der Waals surface area contributed by atoms with Gasteiger partial charge in [0.05, 0.1) is 18.6 Å². The zero-order valence-electron chi connectivity index (χ0n) is 18.3. The minimum Gasteiger partial charge on any atom is -0.373 e. The van der Waals surface area contributed by atoms with Crippen LogP contribution in [0, 0.1) is 5.92 Å². The molecule has 0 N–H and O–H groups in total. The number of morpholine rings is 1. The normalized spacial score (nSPS) is 23.5. The summed E-state index contributed by atoms with van der Waals surface area (Å²) in [6.45, 7) is 9.31. The van der Waals surface area contributed by atoms with E-state index in [9.17, 15) is 4.79 Å². The Morgan fingerprint density at radius 1 is 0.900 bits per heavy atom. The number of nitrogens with zero attached hydrogens (tertiary/aromatic N) is 2. The number of benzene rings is 2. The molecule has 2 saturated heterocycles. The highest BCUT2D eigenvalue weighted by molar-refractivity contribution is 5.79. The first-order valence-electron chi connectivity index (χ1n) is 11.4. The lowest BCUT2D eigenvalue weighted by atomic mass is 9.95. The van der Waals surface area contributed by atoms with Gasteiger partial charge in [-0.2, -0.15) is 0 Å². The molecule has 2 aromatic carbocycles. The Kier molecular flexibility index (Phi) is 6.86. The molecule has 30 heavy (non-hydrogen) atoms. The molecule has 1 amide bonds. The minimum atomic E-state index is 0.259. The van der Waals surface area contributed by atoms with Gasteiger partial charge < -0.3 is 9.64 Å². The predicted octanol–water partition coefficient (Wildman–Crippen LogP) is 4.24. The Balaban J connectivity index is 1.24. The van der Waals surface area contributed by atoms with Crippen molar-refractivity contribution in [3.8, 4) is 11.1 Å². The highest BCUT2D eigenvalue weighted by atomic mass is 16.5. The molecule has 0 aliphatic carbocycles.